The van der Waals surface area contributed by atoms with Crippen molar-refractivity contribution in [3.8, 4) is 11.1 Å². The van der Waals surface area contributed by atoms with E-state index in [-0.39, 0.29) is 18.4 Å². The summed E-state index contributed by atoms with van der Waals surface area (Å²) >= 11 is 3.57. The van der Waals surface area contributed by atoms with E-state index in [1.807, 2.05) is 0 Å². The standard InChI is InChI=1S/C55H91BrN2O3/c1-3-5-7-9-11-13-15-17-19-21-23-25-27-29-31-37-45-58(46-38-32-30-28-26-24-22-20-18-16-14-12-10-8-6-4-2)54(59)53(43-44-56)57-55(60)61-47-52-50-41-35-33-39-48(50)49-40-34-36-42-51(49)52/h33-36,39-42,52-53H,3-32,37-38,43-47H2,1-2H3,(H,57,60). The zero-order valence-electron chi connectivity index (χ0n) is 39.5. The summed E-state index contributed by atoms with van der Waals surface area (Å²) in [5.41, 5.74) is 4.79. The van der Waals surface area contributed by atoms with Gasteiger partial charge >= 0.3 is 6.09 Å². The van der Waals surface area contributed by atoms with E-state index in [0.29, 0.717) is 11.8 Å². The molecule has 0 aromatic heterocycles. The van der Waals surface area contributed by atoms with Crippen molar-refractivity contribution in [3.05, 3.63) is 59.7 Å². The summed E-state index contributed by atoms with van der Waals surface area (Å²) in [6.07, 6.45) is 42.9. The Balaban J connectivity index is 1.38. The lowest BCUT2D eigenvalue weighted by Crippen LogP contribution is -2.49. The first-order chi connectivity index (χ1) is 30.1. The number of nitrogens with zero attached hydrogens (tertiary/aromatic N) is 1. The Labute approximate surface area is 384 Å². The molecule has 0 bridgehead atoms. The molecule has 0 aliphatic heterocycles. The SMILES string of the molecule is CCCCCCCCCCCCCCCCCCN(CCCCCCCCCCCCCCCCCC)C(=O)C(CCBr)NC(=O)OCC1c2ccccc2-c2ccccc21. The highest BCUT2D eigenvalue weighted by Gasteiger charge is 2.30. The van der Waals surface area contributed by atoms with Gasteiger partial charge in [-0.15, -0.1) is 0 Å². The number of ether oxygens (including phenoxy) is 1. The van der Waals surface area contributed by atoms with E-state index in [0.717, 1.165) is 38.8 Å². The maximum atomic E-state index is 14.2. The molecule has 0 saturated carbocycles. The Bertz CT molecular complexity index is 1300. The van der Waals surface area contributed by atoms with Gasteiger partial charge in [0, 0.05) is 24.3 Å². The lowest BCUT2D eigenvalue weighted by Gasteiger charge is -2.28. The predicted molar refractivity (Wildman–Crippen MR) is 266 cm³/mol. The second kappa shape index (κ2) is 36.0. The minimum absolute atomic E-state index is 0.00946. The number of carbonyl (C=O) groups excluding carboxylic acids is 2. The Kier molecular flexibility index (Phi) is 31.3. The van der Waals surface area contributed by atoms with Crippen LogP contribution < -0.4 is 5.32 Å². The van der Waals surface area contributed by atoms with Gasteiger partial charge in [-0.1, -0.05) is 271 Å². The first-order valence-corrected chi connectivity index (χ1v) is 27.2. The first-order valence-electron chi connectivity index (χ1n) is 26.1. The summed E-state index contributed by atoms with van der Waals surface area (Å²) in [4.78, 5) is 29.6. The number of alkyl halides is 1. The molecule has 1 aliphatic carbocycles. The van der Waals surface area contributed by atoms with Crippen molar-refractivity contribution in [2.24, 2.45) is 0 Å². The van der Waals surface area contributed by atoms with Crippen LogP contribution in [0.4, 0.5) is 4.79 Å². The summed E-state index contributed by atoms with van der Waals surface area (Å²) in [6.45, 7) is 6.36. The third kappa shape index (κ3) is 23.2. The summed E-state index contributed by atoms with van der Waals surface area (Å²) in [5, 5.41) is 3.64. The number of carbonyl (C=O) groups is 2. The van der Waals surface area contributed by atoms with E-state index in [1.165, 1.54) is 202 Å². The number of fused-ring (bicyclic) bond motifs is 3. The fraction of sp³-hybridized carbons (Fsp3) is 0.745. The van der Waals surface area contributed by atoms with Crippen LogP contribution in [-0.4, -0.2) is 48.0 Å². The second-order valence-electron chi connectivity index (χ2n) is 18.4. The maximum absolute atomic E-state index is 14.2. The van der Waals surface area contributed by atoms with Crippen molar-refractivity contribution in [1.29, 1.82) is 0 Å². The fourth-order valence-electron chi connectivity index (χ4n) is 9.40. The summed E-state index contributed by atoms with van der Waals surface area (Å²) in [6, 6.07) is 16.2. The molecule has 346 valence electrons. The van der Waals surface area contributed by atoms with E-state index < -0.39 is 12.1 Å². The van der Waals surface area contributed by atoms with Gasteiger partial charge in [0.25, 0.3) is 0 Å². The zero-order chi connectivity index (χ0) is 43.4. The zero-order valence-corrected chi connectivity index (χ0v) is 41.1. The van der Waals surface area contributed by atoms with E-state index in [9.17, 15) is 9.59 Å². The molecule has 0 heterocycles. The van der Waals surface area contributed by atoms with E-state index >= 15 is 0 Å². The molecule has 1 N–H and O–H groups in total. The molecule has 6 heteroatoms. The minimum atomic E-state index is -0.600. The lowest BCUT2D eigenvalue weighted by atomic mass is 9.98. The molecule has 0 fully saturated rings. The number of hydrogen-bond acceptors (Lipinski definition) is 3. The number of nitrogens with one attached hydrogen (secondary N) is 1. The quantitative estimate of drug-likeness (QED) is 0.0535. The molecule has 0 spiro atoms. The largest absolute Gasteiger partial charge is 0.449 e. The lowest BCUT2D eigenvalue weighted by molar-refractivity contribution is -0.133. The first kappa shape index (κ1) is 53.0. The van der Waals surface area contributed by atoms with Gasteiger partial charge in [0.05, 0.1) is 0 Å². The number of alkyl carbamates (subject to hydrolysis) is 1. The molecule has 61 heavy (non-hydrogen) atoms. The molecule has 5 nitrogen and oxygen atoms in total. The molecular formula is C55H91BrN2O3. The van der Waals surface area contributed by atoms with Crippen LogP contribution in [0.15, 0.2) is 48.5 Å². The average molecular weight is 908 g/mol. The number of benzene rings is 2. The Morgan fingerprint density at radius 1 is 0.525 bits per heavy atom. The topological polar surface area (TPSA) is 58.6 Å². The van der Waals surface area contributed by atoms with E-state index in [2.05, 4.69) is 88.5 Å². The molecule has 3 rings (SSSR count). The third-order valence-corrected chi connectivity index (χ3v) is 13.7. The van der Waals surface area contributed by atoms with Crippen LogP contribution in [-0.2, 0) is 9.53 Å². The van der Waals surface area contributed by atoms with E-state index in [4.69, 9.17) is 4.74 Å². The van der Waals surface area contributed by atoms with Crippen LogP contribution in [0.25, 0.3) is 11.1 Å². The van der Waals surface area contributed by atoms with Crippen LogP contribution in [0.1, 0.15) is 243 Å². The van der Waals surface area contributed by atoms with Gasteiger partial charge in [0.1, 0.15) is 12.6 Å². The van der Waals surface area contributed by atoms with Crippen molar-refractivity contribution in [3.63, 3.8) is 0 Å². The van der Waals surface area contributed by atoms with Gasteiger partial charge < -0.3 is 15.0 Å². The highest BCUT2D eigenvalue weighted by atomic mass is 79.9. The van der Waals surface area contributed by atoms with E-state index in [1.54, 1.807) is 0 Å². The predicted octanol–water partition coefficient (Wildman–Crippen LogP) is 17.0. The van der Waals surface area contributed by atoms with Crippen LogP contribution in [0.3, 0.4) is 0 Å². The van der Waals surface area contributed by atoms with Crippen LogP contribution in [0.2, 0.25) is 0 Å². The summed E-state index contributed by atoms with van der Waals surface area (Å²) in [5.74, 6) is 0.0275. The molecule has 1 aliphatic rings. The molecule has 2 amide bonds. The van der Waals surface area contributed by atoms with Crippen LogP contribution in [0.5, 0.6) is 0 Å². The molecule has 1 unspecified atom stereocenters. The molecule has 1 atom stereocenters. The van der Waals surface area contributed by atoms with Crippen molar-refractivity contribution in [2.75, 3.05) is 25.0 Å². The van der Waals surface area contributed by atoms with Gasteiger partial charge in [0.2, 0.25) is 5.91 Å². The second-order valence-corrected chi connectivity index (χ2v) is 19.2. The normalized spacial score (nSPS) is 12.6. The molecule has 2 aromatic carbocycles. The van der Waals surface area contributed by atoms with Gasteiger partial charge in [-0.2, -0.15) is 0 Å². The minimum Gasteiger partial charge on any atom is -0.449 e. The van der Waals surface area contributed by atoms with Crippen molar-refractivity contribution in [1.82, 2.24) is 10.2 Å². The summed E-state index contributed by atoms with van der Waals surface area (Å²) < 4.78 is 5.90. The Morgan fingerprint density at radius 2 is 0.852 bits per heavy atom. The highest BCUT2D eigenvalue weighted by molar-refractivity contribution is 9.09. The van der Waals surface area contributed by atoms with Gasteiger partial charge in [-0.25, -0.2) is 4.79 Å². The third-order valence-electron chi connectivity index (χ3n) is 13.2. The Morgan fingerprint density at radius 3 is 1.20 bits per heavy atom. The number of unbranched alkanes of at least 4 members (excludes halogenated alkanes) is 30. The number of hydrogen-bond donors (Lipinski definition) is 1. The van der Waals surface area contributed by atoms with Crippen LogP contribution >= 0.6 is 15.9 Å². The average Bonchev–Trinajstić information content (AvgIpc) is 3.60. The molecule has 0 radical (unpaired) electrons. The van der Waals surface area contributed by atoms with Crippen LogP contribution in [0, 0.1) is 0 Å². The smallest absolute Gasteiger partial charge is 0.407 e. The molecule has 2 aromatic rings. The van der Waals surface area contributed by atoms with Crippen molar-refractivity contribution in [2.45, 2.75) is 238 Å². The fourth-order valence-corrected chi connectivity index (χ4v) is 9.86. The van der Waals surface area contributed by atoms with Crippen molar-refractivity contribution < 1.29 is 14.3 Å². The number of halogens is 1. The maximum Gasteiger partial charge on any atom is 0.407 e. The number of rotatable bonds is 40. The monoisotopic (exact) mass is 907 g/mol. The van der Waals surface area contributed by atoms with Gasteiger partial charge in [-0.3, -0.25) is 4.79 Å². The molecular weight excluding hydrogens is 817 g/mol. The Hall–Kier alpha value is -2.34. The number of amides is 2. The van der Waals surface area contributed by atoms with Crippen molar-refractivity contribution >= 4 is 27.9 Å². The summed E-state index contributed by atoms with van der Waals surface area (Å²) in [7, 11) is 0. The molecule has 0 saturated heterocycles. The highest BCUT2D eigenvalue weighted by Crippen LogP contribution is 2.44. The van der Waals surface area contributed by atoms with Gasteiger partial charge in [-0.05, 0) is 41.5 Å². The van der Waals surface area contributed by atoms with Gasteiger partial charge in [0.15, 0.2) is 0 Å².